The number of aryl methyl sites for hydroxylation is 2. The molecule has 2 saturated heterocycles. The maximum Gasteiger partial charge on any atom is 0.237 e. The number of benzene rings is 1. The van der Waals surface area contributed by atoms with Gasteiger partial charge in [0.1, 0.15) is 18.7 Å². The molecule has 1 N–H and O–H groups in total. The number of carbonyl (C=O) groups excluding carboxylic acids is 2. The molecule has 3 aliphatic heterocycles. The van der Waals surface area contributed by atoms with Crippen LogP contribution in [-0.4, -0.2) is 75.7 Å². The summed E-state index contributed by atoms with van der Waals surface area (Å²) in [6.07, 6.45) is 10.2. The van der Waals surface area contributed by atoms with E-state index in [1.165, 1.54) is 5.56 Å². The zero-order valence-corrected chi connectivity index (χ0v) is 22.0. The van der Waals surface area contributed by atoms with Gasteiger partial charge in [0.05, 0.1) is 24.5 Å². The van der Waals surface area contributed by atoms with Gasteiger partial charge in [0.15, 0.2) is 5.82 Å². The first kappa shape index (κ1) is 25.7. The summed E-state index contributed by atoms with van der Waals surface area (Å²) in [5.74, 6) is 2.10. The van der Waals surface area contributed by atoms with E-state index in [-0.39, 0.29) is 23.3 Å². The second-order valence-corrected chi connectivity index (χ2v) is 10.9. The van der Waals surface area contributed by atoms with Gasteiger partial charge in [-0.05, 0) is 76.1 Å². The average Bonchev–Trinajstić information content (AvgIpc) is 3.35. The maximum absolute atomic E-state index is 13.4. The molecular weight excluding hydrogens is 468 g/mol. The lowest BCUT2D eigenvalue weighted by molar-refractivity contribution is -0.139. The van der Waals surface area contributed by atoms with Crippen molar-refractivity contribution in [2.45, 2.75) is 63.8 Å². The normalized spacial score (nSPS) is 23.3. The van der Waals surface area contributed by atoms with Crippen LogP contribution in [0.4, 0.5) is 0 Å². The van der Waals surface area contributed by atoms with Crippen LogP contribution in [0.25, 0.3) is 0 Å². The first-order chi connectivity index (χ1) is 18.1. The van der Waals surface area contributed by atoms with Crippen molar-refractivity contribution < 1.29 is 14.3 Å². The minimum Gasteiger partial charge on any atom is -0.491 e. The highest BCUT2D eigenvalue weighted by Crippen LogP contribution is 2.38. The maximum atomic E-state index is 13.4. The second kappa shape index (κ2) is 11.6. The highest BCUT2D eigenvalue weighted by molar-refractivity contribution is 5.83. The molecule has 2 aromatic rings. The van der Waals surface area contributed by atoms with E-state index in [4.69, 9.17) is 4.74 Å². The van der Waals surface area contributed by atoms with Gasteiger partial charge in [-0.1, -0.05) is 24.6 Å². The molecule has 37 heavy (non-hydrogen) atoms. The van der Waals surface area contributed by atoms with E-state index in [1.807, 2.05) is 28.6 Å². The lowest BCUT2D eigenvalue weighted by Gasteiger charge is -2.42. The van der Waals surface area contributed by atoms with E-state index in [0.29, 0.717) is 19.7 Å². The molecule has 1 aromatic heterocycles. The van der Waals surface area contributed by atoms with Crippen LogP contribution >= 0.6 is 0 Å². The number of carbonyl (C=O) groups is 2. The zero-order valence-electron chi connectivity index (χ0n) is 22.0. The summed E-state index contributed by atoms with van der Waals surface area (Å²) in [7, 11) is 1.94. The minimum absolute atomic E-state index is 0.00526. The first-order valence-electron chi connectivity index (χ1n) is 13.9. The Balaban J connectivity index is 1.19. The van der Waals surface area contributed by atoms with Crippen molar-refractivity contribution >= 4 is 11.8 Å². The fourth-order valence-electron chi connectivity index (χ4n) is 6.25. The van der Waals surface area contributed by atoms with Crippen molar-refractivity contribution in [3.05, 3.63) is 42.0 Å². The number of ether oxygens (including phenoxy) is 1. The Bertz CT molecular complexity index is 1080. The van der Waals surface area contributed by atoms with E-state index < -0.39 is 0 Å². The summed E-state index contributed by atoms with van der Waals surface area (Å²) in [6, 6.07) is 8.21. The summed E-state index contributed by atoms with van der Waals surface area (Å²) in [5, 5.41) is 11.5. The predicted octanol–water partition coefficient (Wildman–Crippen LogP) is 2.87. The van der Waals surface area contributed by atoms with Crippen molar-refractivity contribution in [1.82, 2.24) is 29.9 Å². The predicted molar refractivity (Wildman–Crippen MR) is 140 cm³/mol. The lowest BCUT2D eigenvalue weighted by Crippen LogP contribution is -2.52. The van der Waals surface area contributed by atoms with Crippen LogP contribution in [0, 0.1) is 5.41 Å². The number of nitrogens with zero attached hydrogens (tertiary/aromatic N) is 5. The van der Waals surface area contributed by atoms with Gasteiger partial charge in [-0.2, -0.15) is 0 Å². The third kappa shape index (κ3) is 5.81. The van der Waals surface area contributed by atoms with Crippen LogP contribution in [0.1, 0.15) is 68.8 Å². The smallest absolute Gasteiger partial charge is 0.237 e. The molecule has 1 spiro atoms. The molecule has 5 rings (SSSR count). The second-order valence-electron chi connectivity index (χ2n) is 10.9. The van der Waals surface area contributed by atoms with Crippen LogP contribution in [-0.2, 0) is 23.1 Å². The van der Waals surface area contributed by atoms with Gasteiger partial charge < -0.3 is 19.5 Å². The van der Waals surface area contributed by atoms with Crippen molar-refractivity contribution in [3.8, 4) is 5.75 Å². The fraction of sp³-hybridized carbons (Fsp3) is 0.643. The molecule has 9 heteroatoms. The Hall–Kier alpha value is -2.94. The summed E-state index contributed by atoms with van der Waals surface area (Å²) in [4.78, 5) is 31.0. The number of nitrogens with one attached hydrogen (secondary N) is 1. The van der Waals surface area contributed by atoms with Gasteiger partial charge in [0.25, 0.3) is 0 Å². The molecule has 0 radical (unpaired) electrons. The van der Waals surface area contributed by atoms with Gasteiger partial charge in [-0.15, -0.1) is 10.2 Å². The third-order valence-corrected chi connectivity index (χ3v) is 8.49. The number of piperidine rings is 2. The Kier molecular flexibility index (Phi) is 8.08. The molecule has 2 amide bonds. The van der Waals surface area contributed by atoms with Crippen LogP contribution in [0.3, 0.4) is 0 Å². The molecule has 1 atom stereocenters. The van der Waals surface area contributed by atoms with Crippen molar-refractivity contribution in [2.24, 2.45) is 12.5 Å². The van der Waals surface area contributed by atoms with Gasteiger partial charge in [0.2, 0.25) is 11.8 Å². The fourth-order valence-corrected chi connectivity index (χ4v) is 6.25. The van der Waals surface area contributed by atoms with E-state index in [0.717, 1.165) is 89.0 Å². The lowest BCUT2D eigenvalue weighted by atomic mass is 9.73. The average molecular weight is 509 g/mol. The SMILES string of the molecule is Cn1cnnc1C1CCCCN1C(=O)CN1CCC2(CCCCc3ccccc3OCCNC2=O)CC1. The van der Waals surface area contributed by atoms with Crippen molar-refractivity contribution in [3.63, 3.8) is 0 Å². The van der Waals surface area contributed by atoms with E-state index in [1.54, 1.807) is 6.33 Å². The number of para-hydroxylation sites is 1. The molecule has 4 heterocycles. The van der Waals surface area contributed by atoms with Crippen LogP contribution in [0.2, 0.25) is 0 Å². The van der Waals surface area contributed by atoms with Crippen molar-refractivity contribution in [1.29, 1.82) is 0 Å². The molecule has 3 aliphatic rings. The van der Waals surface area contributed by atoms with Gasteiger partial charge in [-0.25, -0.2) is 0 Å². The number of fused-ring (bicyclic) bond motifs is 1. The molecule has 9 nitrogen and oxygen atoms in total. The minimum atomic E-state index is -0.357. The number of amides is 2. The van der Waals surface area contributed by atoms with E-state index >= 15 is 0 Å². The number of rotatable bonds is 3. The largest absolute Gasteiger partial charge is 0.491 e. The Labute approximate surface area is 219 Å². The van der Waals surface area contributed by atoms with E-state index in [9.17, 15) is 9.59 Å². The number of likely N-dealkylation sites (tertiary alicyclic amines) is 2. The van der Waals surface area contributed by atoms with E-state index in [2.05, 4.69) is 32.5 Å². The molecule has 1 unspecified atom stereocenters. The summed E-state index contributed by atoms with van der Waals surface area (Å²) in [5.41, 5.74) is 0.888. The molecule has 1 aromatic carbocycles. The summed E-state index contributed by atoms with van der Waals surface area (Å²) < 4.78 is 7.89. The molecule has 200 valence electrons. The Morgan fingerprint density at radius 1 is 1.11 bits per heavy atom. The van der Waals surface area contributed by atoms with Crippen LogP contribution in [0.15, 0.2) is 30.6 Å². The topological polar surface area (TPSA) is 92.6 Å². The summed E-state index contributed by atoms with van der Waals surface area (Å²) in [6.45, 7) is 3.68. The van der Waals surface area contributed by atoms with Gasteiger partial charge in [0, 0.05) is 13.6 Å². The Morgan fingerprint density at radius 3 is 2.76 bits per heavy atom. The molecule has 2 fully saturated rings. The van der Waals surface area contributed by atoms with Gasteiger partial charge >= 0.3 is 0 Å². The molecule has 0 saturated carbocycles. The zero-order chi connectivity index (χ0) is 25.7. The van der Waals surface area contributed by atoms with Gasteiger partial charge in [-0.3, -0.25) is 14.5 Å². The van der Waals surface area contributed by atoms with Crippen molar-refractivity contribution in [2.75, 3.05) is 39.3 Å². The number of hydrogen-bond donors (Lipinski definition) is 1. The highest BCUT2D eigenvalue weighted by Gasteiger charge is 2.41. The summed E-state index contributed by atoms with van der Waals surface area (Å²) >= 11 is 0. The molecule has 0 aliphatic carbocycles. The monoisotopic (exact) mass is 508 g/mol. The number of hydrogen-bond acceptors (Lipinski definition) is 6. The third-order valence-electron chi connectivity index (χ3n) is 8.49. The molecule has 0 bridgehead atoms. The number of aromatic nitrogens is 3. The van der Waals surface area contributed by atoms with Crippen LogP contribution < -0.4 is 10.1 Å². The first-order valence-corrected chi connectivity index (χ1v) is 13.9. The van der Waals surface area contributed by atoms with Crippen LogP contribution in [0.5, 0.6) is 5.75 Å². The Morgan fingerprint density at radius 2 is 1.95 bits per heavy atom. The standard InChI is InChI=1S/C28H40N6O3/c1-32-21-30-31-26(32)23-10-5-7-16-34(23)25(35)20-33-17-13-28(14-18-33)12-6-4-9-22-8-2-3-11-24(22)37-19-15-29-27(28)36/h2-3,8,11,21,23H,4-7,9-10,12-20H2,1H3,(H,29,36). The highest BCUT2D eigenvalue weighted by atomic mass is 16.5. The quantitative estimate of drug-likeness (QED) is 0.686. The molecular formula is C28H40N6O3.